The van der Waals surface area contributed by atoms with Gasteiger partial charge in [0.15, 0.2) is 36.2 Å². The molecule has 4 N–H and O–H groups in total. The van der Waals surface area contributed by atoms with E-state index >= 15 is 0 Å². The molecule has 0 saturated carbocycles. The summed E-state index contributed by atoms with van der Waals surface area (Å²) < 4.78 is 24.7. The SMILES string of the molecule is C=C1COc2cc(ccc2C(C)(C)C)NC(=O)COc2cc3ccccc3c(c2O)CC(=C)Cc2c(O)c(cc3ccccc23)OCC(=O)Nc2ccc(C(C)(C)C)c(c2)OC1. The Morgan fingerprint density at radius 1 is 0.500 bits per heavy atom. The van der Waals surface area contributed by atoms with E-state index in [9.17, 15) is 19.8 Å². The minimum atomic E-state index is -0.429. The van der Waals surface area contributed by atoms with E-state index < -0.39 is 11.8 Å². The van der Waals surface area contributed by atoms with E-state index in [-0.39, 0.29) is 73.1 Å². The lowest BCUT2D eigenvalue weighted by Gasteiger charge is -2.25. The lowest BCUT2D eigenvalue weighted by atomic mass is 9.86. The second-order valence-electron chi connectivity index (χ2n) is 17.9. The summed E-state index contributed by atoms with van der Waals surface area (Å²) in [7, 11) is 0. The Labute approximate surface area is 362 Å². The van der Waals surface area contributed by atoms with Crippen LogP contribution in [0.2, 0.25) is 0 Å². The first-order valence-electron chi connectivity index (χ1n) is 20.6. The summed E-state index contributed by atoms with van der Waals surface area (Å²) in [6.45, 7) is 20.6. The monoisotopic (exact) mass is 834 g/mol. The van der Waals surface area contributed by atoms with Crippen LogP contribution in [0.3, 0.4) is 0 Å². The van der Waals surface area contributed by atoms with E-state index in [1.807, 2.05) is 72.8 Å². The number of aromatic hydroxyl groups is 2. The fourth-order valence-electron chi connectivity index (χ4n) is 7.67. The normalized spacial score (nSPS) is 14.9. The quantitative estimate of drug-likeness (QED) is 0.111. The molecule has 0 fully saturated rings. The smallest absolute Gasteiger partial charge is 0.262 e. The third kappa shape index (κ3) is 9.81. The van der Waals surface area contributed by atoms with Gasteiger partial charge in [-0.25, -0.2) is 0 Å². The van der Waals surface area contributed by atoms with Crippen molar-refractivity contribution >= 4 is 44.7 Å². The molecular weight excluding hydrogens is 781 g/mol. The molecule has 10 nitrogen and oxygen atoms in total. The van der Waals surface area contributed by atoms with E-state index in [1.54, 1.807) is 24.3 Å². The Morgan fingerprint density at radius 3 is 1.29 bits per heavy atom. The number of fused-ring (bicyclic) bond motifs is 12. The molecule has 0 atom stereocenters. The highest BCUT2D eigenvalue weighted by atomic mass is 16.5. The molecule has 10 heteroatoms. The van der Waals surface area contributed by atoms with Crippen LogP contribution in [0.15, 0.2) is 121 Å². The highest BCUT2D eigenvalue weighted by Crippen LogP contribution is 2.42. The van der Waals surface area contributed by atoms with Crippen LogP contribution < -0.4 is 29.6 Å². The number of phenols is 2. The second-order valence-corrected chi connectivity index (χ2v) is 17.9. The summed E-state index contributed by atoms with van der Waals surface area (Å²) in [6, 6.07) is 29.7. The number of rotatable bonds is 0. The van der Waals surface area contributed by atoms with Crippen LogP contribution in [0.25, 0.3) is 21.5 Å². The molecule has 62 heavy (non-hydrogen) atoms. The van der Waals surface area contributed by atoms with Gasteiger partial charge in [0.05, 0.1) is 0 Å². The molecule has 320 valence electrons. The molecule has 1 aliphatic heterocycles. The van der Waals surface area contributed by atoms with Crippen molar-refractivity contribution < 1.29 is 38.7 Å². The summed E-state index contributed by atoms with van der Waals surface area (Å²) in [4.78, 5) is 26.8. The van der Waals surface area contributed by atoms with Crippen molar-refractivity contribution in [2.45, 2.75) is 65.2 Å². The first kappa shape index (κ1) is 43.2. The minimum absolute atomic E-state index is 0.113. The molecule has 1 heterocycles. The van der Waals surface area contributed by atoms with E-state index in [0.717, 1.165) is 32.7 Å². The van der Waals surface area contributed by atoms with Gasteiger partial charge in [-0.2, -0.15) is 0 Å². The molecule has 2 amide bonds. The van der Waals surface area contributed by atoms with Crippen LogP contribution in [0.1, 0.15) is 63.8 Å². The summed E-state index contributed by atoms with van der Waals surface area (Å²) in [6.07, 6.45) is 0.456. The van der Waals surface area contributed by atoms with Crippen molar-refractivity contribution in [3.63, 3.8) is 0 Å². The Hall–Kier alpha value is -6.94. The number of benzene rings is 6. The number of phenolic OH excluding ortho intramolecular Hbond substituents is 2. The van der Waals surface area contributed by atoms with Gasteiger partial charge in [0, 0.05) is 34.6 Å². The number of nitrogens with one attached hydrogen (secondary N) is 2. The first-order valence-corrected chi connectivity index (χ1v) is 20.6. The second kappa shape index (κ2) is 17.6. The fraction of sp³-hybridized carbons (Fsp3) is 0.269. The van der Waals surface area contributed by atoms with Gasteiger partial charge < -0.3 is 39.8 Å². The number of amides is 2. The maximum atomic E-state index is 13.4. The van der Waals surface area contributed by atoms with Crippen LogP contribution in [-0.2, 0) is 33.3 Å². The van der Waals surface area contributed by atoms with Gasteiger partial charge in [0.1, 0.15) is 24.7 Å². The third-order valence-electron chi connectivity index (χ3n) is 10.8. The predicted molar refractivity (Wildman–Crippen MR) is 246 cm³/mol. The number of anilines is 2. The largest absolute Gasteiger partial charge is 0.504 e. The average Bonchev–Trinajstić information content (AvgIpc) is 3.22. The van der Waals surface area contributed by atoms with Crippen LogP contribution >= 0.6 is 0 Å². The predicted octanol–water partition coefficient (Wildman–Crippen LogP) is 10.7. The van der Waals surface area contributed by atoms with E-state index in [0.29, 0.717) is 45.1 Å². The van der Waals surface area contributed by atoms with Crippen molar-refractivity contribution in [3.05, 3.63) is 144 Å². The topological polar surface area (TPSA) is 136 Å². The van der Waals surface area contributed by atoms with Gasteiger partial charge in [-0.3, -0.25) is 9.59 Å². The van der Waals surface area contributed by atoms with Crippen molar-refractivity contribution in [1.82, 2.24) is 0 Å². The van der Waals surface area contributed by atoms with Gasteiger partial charge in [-0.15, -0.1) is 0 Å². The van der Waals surface area contributed by atoms with Gasteiger partial charge in [-0.05, 0) is 86.2 Å². The molecule has 8 bridgehead atoms. The summed E-state index contributed by atoms with van der Waals surface area (Å²) >= 11 is 0. The summed E-state index contributed by atoms with van der Waals surface area (Å²) in [5.74, 6) is 0.364. The number of carbonyl (C=O) groups excluding carboxylic acids is 2. The molecule has 0 saturated heterocycles. The molecule has 6 aromatic rings. The molecule has 0 spiro atoms. The van der Waals surface area contributed by atoms with Crippen LogP contribution in [0.5, 0.6) is 34.5 Å². The highest BCUT2D eigenvalue weighted by Gasteiger charge is 2.24. The number of hydrogen-bond donors (Lipinski definition) is 4. The van der Waals surface area contributed by atoms with Gasteiger partial charge in [0.2, 0.25) is 0 Å². The van der Waals surface area contributed by atoms with Crippen molar-refractivity contribution in [3.8, 4) is 34.5 Å². The Kier molecular flexibility index (Phi) is 12.2. The Bertz CT molecular complexity index is 2540. The number of hydrogen-bond acceptors (Lipinski definition) is 8. The standard InChI is InChI=1S/C52H54N2O8/c1-31-21-39-37-15-11-9-13-33(37)23-45(49(39)57)61-29-47(55)53-35-17-19-41(51(3,4)5)43(25-35)59-27-32(2)28-60-44-26-36(18-20-42(44)52(6,7)8)54-48(56)30-62-46-24-34-14-10-12-16-38(34)40(22-31)50(46)58/h9-20,23-26,57-58H,1-2,21-22,27-30H2,3-8H3,(H,53,55)(H,54,56). The molecule has 1 aliphatic rings. The highest BCUT2D eigenvalue weighted by molar-refractivity contribution is 5.95. The Balaban J connectivity index is 1.25. The number of ether oxygens (including phenoxy) is 4. The zero-order valence-corrected chi connectivity index (χ0v) is 36.2. The lowest BCUT2D eigenvalue weighted by Crippen LogP contribution is -2.21. The molecule has 0 aromatic heterocycles. The molecule has 0 unspecified atom stereocenters. The average molecular weight is 835 g/mol. The van der Waals surface area contributed by atoms with Crippen molar-refractivity contribution in [1.29, 1.82) is 0 Å². The van der Waals surface area contributed by atoms with Crippen LogP contribution in [0, 0.1) is 0 Å². The molecule has 0 aliphatic carbocycles. The number of allylic oxidation sites excluding steroid dienone is 1. The van der Waals surface area contributed by atoms with Gasteiger partial charge in [0.25, 0.3) is 11.8 Å². The summed E-state index contributed by atoms with van der Waals surface area (Å²) in [5.41, 5.74) is 4.82. The Morgan fingerprint density at radius 2 is 0.887 bits per heavy atom. The maximum Gasteiger partial charge on any atom is 0.262 e. The summed E-state index contributed by atoms with van der Waals surface area (Å²) in [5, 5.41) is 32.4. The zero-order chi connectivity index (χ0) is 44.3. The van der Waals surface area contributed by atoms with E-state index in [4.69, 9.17) is 18.9 Å². The minimum Gasteiger partial charge on any atom is -0.504 e. The van der Waals surface area contributed by atoms with Crippen LogP contribution in [-0.4, -0.2) is 48.5 Å². The van der Waals surface area contributed by atoms with Gasteiger partial charge >= 0.3 is 0 Å². The fourth-order valence-corrected chi connectivity index (χ4v) is 7.67. The van der Waals surface area contributed by atoms with E-state index in [1.165, 1.54) is 0 Å². The lowest BCUT2D eigenvalue weighted by molar-refractivity contribution is -0.118. The maximum absolute atomic E-state index is 13.4. The van der Waals surface area contributed by atoms with Crippen molar-refractivity contribution in [2.24, 2.45) is 0 Å². The van der Waals surface area contributed by atoms with E-state index in [2.05, 4.69) is 65.3 Å². The molecule has 6 aromatic carbocycles. The zero-order valence-electron chi connectivity index (χ0n) is 36.2. The van der Waals surface area contributed by atoms with Gasteiger partial charge in [-0.1, -0.05) is 121 Å². The molecular formula is C52H54N2O8. The van der Waals surface area contributed by atoms with Crippen molar-refractivity contribution in [2.75, 3.05) is 37.1 Å². The molecule has 7 rings (SSSR count). The number of carbonyl (C=O) groups is 2. The third-order valence-corrected chi connectivity index (χ3v) is 10.8. The molecule has 0 radical (unpaired) electrons. The van der Waals surface area contributed by atoms with Crippen LogP contribution in [0.4, 0.5) is 11.4 Å². The first-order chi connectivity index (χ1) is 29.4.